The number of carbonyl (C=O) groups excluding carboxylic acids is 2. The van der Waals surface area contributed by atoms with Gasteiger partial charge in [-0.3, -0.25) is 14.4 Å². The average molecular weight is 334 g/mol. The predicted octanol–water partition coefficient (Wildman–Crippen LogP) is 1.81. The van der Waals surface area contributed by atoms with Gasteiger partial charge in [0.05, 0.1) is 16.4 Å². The summed E-state index contributed by atoms with van der Waals surface area (Å²) in [6.45, 7) is 2.29. The number of nitrogens with one attached hydrogen (secondary N) is 1. The van der Waals surface area contributed by atoms with Crippen LogP contribution in [0.25, 0.3) is 0 Å². The number of carboxylic acid groups (broad SMARTS) is 1. The Kier molecular flexibility index (Phi) is 4.06. The van der Waals surface area contributed by atoms with Crippen LogP contribution < -0.4 is 5.32 Å². The van der Waals surface area contributed by atoms with Crippen LogP contribution in [-0.4, -0.2) is 46.1 Å². The number of fused-ring (bicyclic) bond motifs is 1. The van der Waals surface area contributed by atoms with E-state index in [0.29, 0.717) is 13.0 Å². The maximum absolute atomic E-state index is 12.4. The quantitative estimate of drug-likeness (QED) is 0.880. The average Bonchev–Trinajstić information content (AvgIpc) is 2.92. The Morgan fingerprint density at radius 2 is 2.17 bits per heavy atom. The van der Waals surface area contributed by atoms with Crippen LogP contribution in [0.5, 0.6) is 0 Å². The van der Waals surface area contributed by atoms with Gasteiger partial charge in [-0.05, 0) is 25.5 Å². The van der Waals surface area contributed by atoms with E-state index in [9.17, 15) is 19.5 Å². The Labute approximate surface area is 138 Å². The Hall–Kier alpha value is -2.02. The Bertz CT molecular complexity index is 678. The molecule has 0 unspecified atom stereocenters. The van der Waals surface area contributed by atoms with E-state index in [1.165, 1.54) is 11.8 Å². The highest BCUT2D eigenvalue weighted by Gasteiger charge is 2.42. The number of likely N-dealkylation sites (tertiary alicyclic amines) is 1. The van der Waals surface area contributed by atoms with Crippen molar-refractivity contribution in [2.75, 3.05) is 18.4 Å². The van der Waals surface area contributed by atoms with Gasteiger partial charge in [-0.2, -0.15) is 0 Å². The number of aliphatic carboxylic acids is 1. The fourth-order valence-corrected chi connectivity index (χ4v) is 3.96. The Morgan fingerprint density at radius 1 is 1.43 bits per heavy atom. The molecular weight excluding hydrogens is 316 g/mol. The second-order valence-electron chi connectivity index (χ2n) is 6.23. The summed E-state index contributed by atoms with van der Waals surface area (Å²) in [5, 5.41) is 11.6. The fourth-order valence-electron chi connectivity index (χ4n) is 2.86. The molecule has 122 valence electrons. The zero-order chi connectivity index (χ0) is 16.6. The van der Waals surface area contributed by atoms with Crippen LogP contribution in [-0.2, 0) is 14.4 Å². The van der Waals surface area contributed by atoms with Gasteiger partial charge in [0, 0.05) is 24.4 Å². The minimum absolute atomic E-state index is 0.0839. The van der Waals surface area contributed by atoms with Crippen molar-refractivity contribution in [3.63, 3.8) is 0 Å². The summed E-state index contributed by atoms with van der Waals surface area (Å²) >= 11 is 1.38. The van der Waals surface area contributed by atoms with Gasteiger partial charge in [-0.25, -0.2) is 0 Å². The molecule has 0 bridgehead atoms. The van der Waals surface area contributed by atoms with E-state index in [-0.39, 0.29) is 24.8 Å². The number of para-hydroxylation sites is 1. The maximum atomic E-state index is 12.4. The van der Waals surface area contributed by atoms with Crippen molar-refractivity contribution in [3.8, 4) is 0 Å². The summed E-state index contributed by atoms with van der Waals surface area (Å²) in [6, 6.07) is 7.48. The van der Waals surface area contributed by atoms with E-state index >= 15 is 0 Å². The van der Waals surface area contributed by atoms with E-state index in [4.69, 9.17) is 0 Å². The highest BCUT2D eigenvalue weighted by Crippen LogP contribution is 2.37. The van der Waals surface area contributed by atoms with E-state index in [1.54, 1.807) is 11.8 Å². The number of thioether (sulfide) groups is 1. The molecule has 3 rings (SSSR count). The van der Waals surface area contributed by atoms with Crippen LogP contribution >= 0.6 is 11.8 Å². The van der Waals surface area contributed by atoms with Crippen molar-refractivity contribution in [3.05, 3.63) is 24.3 Å². The lowest BCUT2D eigenvalue weighted by Crippen LogP contribution is -2.38. The number of amides is 2. The normalized spacial score (nSPS) is 26.6. The highest BCUT2D eigenvalue weighted by atomic mass is 32.2. The summed E-state index contributed by atoms with van der Waals surface area (Å²) in [7, 11) is 0. The summed E-state index contributed by atoms with van der Waals surface area (Å²) in [4.78, 5) is 38.3. The first-order chi connectivity index (χ1) is 10.9. The lowest BCUT2D eigenvalue weighted by molar-refractivity contribution is -0.147. The van der Waals surface area contributed by atoms with Crippen molar-refractivity contribution in [1.29, 1.82) is 0 Å². The van der Waals surface area contributed by atoms with Crippen LogP contribution in [0.2, 0.25) is 0 Å². The number of carbonyl (C=O) groups is 3. The standard InChI is InChI=1S/C16H18N2O4S/c1-16(15(21)22)6-7-18(9-16)13(19)8-12-14(20)17-10-4-2-3-5-11(10)23-12/h2-5,12H,6-9H2,1H3,(H,17,20)(H,21,22)/t12-,16-/m1/s1. The first kappa shape index (κ1) is 15.9. The minimum atomic E-state index is -0.885. The number of hydrogen-bond acceptors (Lipinski definition) is 4. The van der Waals surface area contributed by atoms with Crippen molar-refractivity contribution in [2.24, 2.45) is 5.41 Å². The number of rotatable bonds is 3. The van der Waals surface area contributed by atoms with E-state index in [2.05, 4.69) is 5.32 Å². The van der Waals surface area contributed by atoms with Gasteiger partial charge in [0.25, 0.3) is 0 Å². The second-order valence-corrected chi connectivity index (χ2v) is 7.47. The smallest absolute Gasteiger partial charge is 0.311 e. The zero-order valence-electron chi connectivity index (χ0n) is 12.7. The lowest BCUT2D eigenvalue weighted by atomic mass is 9.90. The largest absolute Gasteiger partial charge is 0.481 e. The molecule has 0 radical (unpaired) electrons. The van der Waals surface area contributed by atoms with Crippen LogP contribution in [0.4, 0.5) is 5.69 Å². The third-order valence-corrected chi connectivity index (χ3v) is 5.68. The molecule has 2 aliphatic heterocycles. The van der Waals surface area contributed by atoms with E-state index < -0.39 is 16.6 Å². The summed E-state index contributed by atoms with van der Waals surface area (Å²) < 4.78 is 0. The number of benzene rings is 1. The van der Waals surface area contributed by atoms with Crippen LogP contribution in [0.15, 0.2) is 29.2 Å². The molecule has 0 aromatic heterocycles. The number of anilines is 1. The molecule has 0 saturated carbocycles. The minimum Gasteiger partial charge on any atom is -0.481 e. The van der Waals surface area contributed by atoms with Gasteiger partial charge < -0.3 is 15.3 Å². The molecule has 1 fully saturated rings. The third kappa shape index (κ3) is 3.06. The molecule has 0 spiro atoms. The SMILES string of the molecule is C[C@@]1(C(=O)O)CCN(C(=O)C[C@H]2Sc3ccccc3NC2=O)C1. The Morgan fingerprint density at radius 3 is 2.87 bits per heavy atom. The van der Waals surface area contributed by atoms with Crippen LogP contribution in [0, 0.1) is 5.41 Å². The van der Waals surface area contributed by atoms with Crippen molar-refractivity contribution in [1.82, 2.24) is 4.90 Å². The second kappa shape index (κ2) is 5.88. The third-order valence-electron chi connectivity index (χ3n) is 4.41. The van der Waals surface area contributed by atoms with Crippen LogP contribution in [0.3, 0.4) is 0 Å². The first-order valence-electron chi connectivity index (χ1n) is 7.47. The molecule has 2 N–H and O–H groups in total. The van der Waals surface area contributed by atoms with Gasteiger partial charge in [0.1, 0.15) is 0 Å². The molecule has 0 aliphatic carbocycles. The predicted molar refractivity (Wildman–Crippen MR) is 86.3 cm³/mol. The van der Waals surface area contributed by atoms with Gasteiger partial charge in [0.2, 0.25) is 11.8 Å². The molecule has 2 atom stereocenters. The number of nitrogens with zero attached hydrogens (tertiary/aromatic N) is 1. The molecule has 2 aliphatic rings. The lowest BCUT2D eigenvalue weighted by Gasteiger charge is -2.26. The fraction of sp³-hybridized carbons (Fsp3) is 0.438. The van der Waals surface area contributed by atoms with Gasteiger partial charge in [-0.1, -0.05) is 12.1 Å². The van der Waals surface area contributed by atoms with E-state index in [0.717, 1.165) is 10.6 Å². The van der Waals surface area contributed by atoms with E-state index in [1.807, 2.05) is 24.3 Å². The molecule has 23 heavy (non-hydrogen) atoms. The maximum Gasteiger partial charge on any atom is 0.311 e. The first-order valence-corrected chi connectivity index (χ1v) is 8.35. The molecule has 6 nitrogen and oxygen atoms in total. The van der Waals surface area contributed by atoms with Crippen molar-refractivity contribution in [2.45, 2.75) is 29.9 Å². The molecule has 2 heterocycles. The molecular formula is C16H18N2O4S. The summed E-state index contributed by atoms with van der Waals surface area (Å²) in [6.07, 6.45) is 0.529. The molecule has 2 amide bonds. The van der Waals surface area contributed by atoms with Gasteiger partial charge >= 0.3 is 5.97 Å². The van der Waals surface area contributed by atoms with Gasteiger partial charge in [-0.15, -0.1) is 11.8 Å². The molecule has 1 aromatic rings. The summed E-state index contributed by atoms with van der Waals surface area (Å²) in [5.74, 6) is -1.23. The van der Waals surface area contributed by atoms with Crippen molar-refractivity contribution < 1.29 is 19.5 Å². The van der Waals surface area contributed by atoms with Gasteiger partial charge in [0.15, 0.2) is 0 Å². The van der Waals surface area contributed by atoms with Crippen LogP contribution in [0.1, 0.15) is 19.8 Å². The molecule has 7 heteroatoms. The Balaban J connectivity index is 1.65. The van der Waals surface area contributed by atoms with Crippen molar-refractivity contribution >= 4 is 35.2 Å². The zero-order valence-corrected chi connectivity index (χ0v) is 13.6. The highest BCUT2D eigenvalue weighted by molar-refractivity contribution is 8.01. The molecule has 1 aromatic carbocycles. The summed E-state index contributed by atoms with van der Waals surface area (Å²) in [5.41, 5.74) is -0.115. The number of carboxylic acids is 1. The monoisotopic (exact) mass is 334 g/mol. The topological polar surface area (TPSA) is 86.7 Å². The number of hydrogen-bond donors (Lipinski definition) is 2. The molecule has 1 saturated heterocycles.